The van der Waals surface area contributed by atoms with Crippen molar-refractivity contribution in [2.45, 2.75) is 51.6 Å². The van der Waals surface area contributed by atoms with E-state index < -0.39 is 36.7 Å². The summed E-state index contributed by atoms with van der Waals surface area (Å²) in [5.74, 6) is 5.18. The SMILES string of the molecule is CCNC(=O)C1OC(n2cnc3c(N)nc(C#CC(OCC)OCC)nc32)C(O)C1O. The van der Waals surface area contributed by atoms with Gasteiger partial charge in [-0.1, -0.05) is 0 Å². The van der Waals surface area contributed by atoms with E-state index in [-0.39, 0.29) is 22.8 Å². The zero-order valence-electron chi connectivity index (χ0n) is 17.5. The van der Waals surface area contributed by atoms with Gasteiger partial charge in [0.1, 0.15) is 17.7 Å². The van der Waals surface area contributed by atoms with Crippen LogP contribution in [0.4, 0.5) is 5.82 Å². The number of ether oxygens (including phenoxy) is 3. The van der Waals surface area contributed by atoms with E-state index >= 15 is 0 Å². The molecule has 0 aromatic carbocycles. The molecule has 1 saturated heterocycles. The van der Waals surface area contributed by atoms with E-state index in [2.05, 4.69) is 32.1 Å². The predicted molar refractivity (Wildman–Crippen MR) is 108 cm³/mol. The van der Waals surface area contributed by atoms with E-state index in [0.29, 0.717) is 19.8 Å². The number of carbonyl (C=O) groups is 1. The number of aromatic nitrogens is 4. The number of amides is 1. The van der Waals surface area contributed by atoms with Gasteiger partial charge in [-0.25, -0.2) is 15.0 Å². The standard InChI is InChI=1S/C19H26N6O6/c1-4-21-18(28)15-13(26)14(27)19(31-15)25-9-22-12-16(20)23-10(24-17(12)25)7-8-11(29-5-2)30-6-3/h9,11,13-15,19,26-27H,4-6H2,1-3H3,(H,21,28)(H2,20,23,24). The minimum absolute atomic E-state index is 0.0748. The third-order valence-corrected chi connectivity index (χ3v) is 4.51. The molecule has 0 spiro atoms. The second-order valence-electron chi connectivity index (χ2n) is 6.59. The van der Waals surface area contributed by atoms with Crippen LogP contribution >= 0.6 is 0 Å². The Morgan fingerprint density at radius 2 is 2.00 bits per heavy atom. The molecule has 2 aromatic rings. The number of aliphatic hydroxyl groups is 2. The molecule has 168 valence electrons. The molecule has 3 rings (SSSR count). The lowest BCUT2D eigenvalue weighted by Crippen LogP contribution is -2.42. The molecule has 4 unspecified atom stereocenters. The van der Waals surface area contributed by atoms with E-state index in [1.54, 1.807) is 6.92 Å². The number of nitrogens with two attached hydrogens (primary N) is 1. The van der Waals surface area contributed by atoms with Gasteiger partial charge in [0, 0.05) is 19.8 Å². The summed E-state index contributed by atoms with van der Waals surface area (Å²) in [4.78, 5) is 24.8. The minimum Gasteiger partial charge on any atom is -0.387 e. The smallest absolute Gasteiger partial charge is 0.252 e. The number of hydrogen-bond acceptors (Lipinski definition) is 10. The molecule has 12 heteroatoms. The number of nitrogen functional groups attached to an aromatic ring is 1. The molecule has 4 atom stereocenters. The van der Waals surface area contributed by atoms with Gasteiger partial charge >= 0.3 is 0 Å². The number of carbonyl (C=O) groups excluding carboxylic acids is 1. The third-order valence-electron chi connectivity index (χ3n) is 4.51. The second kappa shape index (κ2) is 9.99. The highest BCUT2D eigenvalue weighted by Gasteiger charge is 2.47. The number of nitrogens with zero attached hydrogens (tertiary/aromatic N) is 4. The minimum atomic E-state index is -1.43. The van der Waals surface area contributed by atoms with Gasteiger partial charge in [0.15, 0.2) is 23.8 Å². The Hall–Kier alpha value is -2.82. The molecule has 1 amide bonds. The van der Waals surface area contributed by atoms with E-state index in [0.717, 1.165) is 0 Å². The van der Waals surface area contributed by atoms with Crippen molar-refractivity contribution in [1.82, 2.24) is 24.8 Å². The number of likely N-dealkylation sites (N-methyl/N-ethyl adjacent to an activating group) is 1. The van der Waals surface area contributed by atoms with Gasteiger partial charge in [-0.15, -0.1) is 0 Å². The molecule has 0 saturated carbocycles. The summed E-state index contributed by atoms with van der Waals surface area (Å²) in [6.07, 6.45) is -4.57. The lowest BCUT2D eigenvalue weighted by atomic mass is 10.1. The maximum atomic E-state index is 12.1. The fraction of sp³-hybridized carbons (Fsp3) is 0.579. The number of hydrogen-bond donors (Lipinski definition) is 4. The van der Waals surface area contributed by atoms with Crippen molar-refractivity contribution < 1.29 is 29.2 Å². The number of aliphatic hydroxyl groups excluding tert-OH is 2. The Labute approximate surface area is 178 Å². The van der Waals surface area contributed by atoms with Crippen LogP contribution in [-0.2, 0) is 19.0 Å². The van der Waals surface area contributed by atoms with Gasteiger partial charge in [-0.2, -0.15) is 0 Å². The number of rotatable bonds is 7. The Morgan fingerprint density at radius 1 is 1.29 bits per heavy atom. The van der Waals surface area contributed by atoms with Crippen molar-refractivity contribution in [2.75, 3.05) is 25.5 Å². The van der Waals surface area contributed by atoms with Crippen LogP contribution in [0.1, 0.15) is 32.8 Å². The number of imidazole rings is 1. The second-order valence-corrected chi connectivity index (χ2v) is 6.59. The maximum absolute atomic E-state index is 12.1. The molecule has 2 aromatic heterocycles. The van der Waals surface area contributed by atoms with Crippen molar-refractivity contribution in [3.63, 3.8) is 0 Å². The van der Waals surface area contributed by atoms with Crippen LogP contribution in [0, 0.1) is 11.8 Å². The molecule has 0 bridgehead atoms. The van der Waals surface area contributed by atoms with Gasteiger partial charge < -0.3 is 35.5 Å². The van der Waals surface area contributed by atoms with Gasteiger partial charge in [-0.3, -0.25) is 9.36 Å². The lowest BCUT2D eigenvalue weighted by Gasteiger charge is -2.16. The lowest BCUT2D eigenvalue weighted by molar-refractivity contribution is -0.137. The number of nitrogens with one attached hydrogen (secondary N) is 1. The van der Waals surface area contributed by atoms with Gasteiger partial charge in [0.25, 0.3) is 5.91 Å². The summed E-state index contributed by atoms with van der Waals surface area (Å²) < 4.78 is 17.8. The zero-order valence-corrected chi connectivity index (χ0v) is 17.5. The van der Waals surface area contributed by atoms with Crippen molar-refractivity contribution in [2.24, 2.45) is 0 Å². The largest absolute Gasteiger partial charge is 0.387 e. The molecular formula is C19H26N6O6. The molecule has 5 N–H and O–H groups in total. The molecule has 1 fully saturated rings. The van der Waals surface area contributed by atoms with Crippen molar-refractivity contribution in [3.05, 3.63) is 12.2 Å². The highest BCUT2D eigenvalue weighted by molar-refractivity contribution is 5.83. The topological polar surface area (TPSA) is 167 Å². The Bertz CT molecular complexity index is 979. The first kappa shape index (κ1) is 22.9. The van der Waals surface area contributed by atoms with E-state index in [9.17, 15) is 15.0 Å². The van der Waals surface area contributed by atoms with Crippen LogP contribution in [0.2, 0.25) is 0 Å². The maximum Gasteiger partial charge on any atom is 0.252 e. The summed E-state index contributed by atoms with van der Waals surface area (Å²) in [7, 11) is 0. The first-order chi connectivity index (χ1) is 14.9. The Kier molecular flexibility index (Phi) is 7.37. The fourth-order valence-corrected chi connectivity index (χ4v) is 3.12. The van der Waals surface area contributed by atoms with Crippen LogP contribution in [-0.4, -0.2) is 80.0 Å². The van der Waals surface area contributed by atoms with E-state index in [1.165, 1.54) is 10.9 Å². The molecule has 31 heavy (non-hydrogen) atoms. The molecule has 0 radical (unpaired) electrons. The van der Waals surface area contributed by atoms with E-state index in [4.69, 9.17) is 19.9 Å². The Morgan fingerprint density at radius 3 is 2.65 bits per heavy atom. The highest BCUT2D eigenvalue weighted by atomic mass is 16.7. The summed E-state index contributed by atoms with van der Waals surface area (Å²) in [6, 6.07) is 0. The van der Waals surface area contributed by atoms with Crippen molar-refractivity contribution >= 4 is 22.9 Å². The van der Waals surface area contributed by atoms with Crippen molar-refractivity contribution in [3.8, 4) is 11.8 Å². The molecule has 3 heterocycles. The molecule has 12 nitrogen and oxygen atoms in total. The van der Waals surface area contributed by atoms with Crippen LogP contribution in [0.15, 0.2) is 6.33 Å². The average molecular weight is 434 g/mol. The summed E-state index contributed by atoms with van der Waals surface area (Å²) in [6.45, 7) is 6.57. The summed E-state index contributed by atoms with van der Waals surface area (Å²) in [5.41, 5.74) is 6.49. The zero-order chi connectivity index (χ0) is 22.5. The summed E-state index contributed by atoms with van der Waals surface area (Å²) >= 11 is 0. The predicted octanol–water partition coefficient (Wildman–Crippen LogP) is -1.09. The number of fused-ring (bicyclic) bond motifs is 1. The van der Waals surface area contributed by atoms with E-state index in [1.807, 2.05) is 13.8 Å². The quantitative estimate of drug-likeness (QED) is 0.311. The highest BCUT2D eigenvalue weighted by Crippen LogP contribution is 2.32. The fourth-order valence-electron chi connectivity index (χ4n) is 3.12. The average Bonchev–Trinajstić information content (AvgIpc) is 3.28. The van der Waals surface area contributed by atoms with Crippen LogP contribution in [0.5, 0.6) is 0 Å². The summed E-state index contributed by atoms with van der Waals surface area (Å²) in [5, 5.41) is 23.3. The first-order valence-corrected chi connectivity index (χ1v) is 9.95. The van der Waals surface area contributed by atoms with Crippen LogP contribution in [0.25, 0.3) is 11.2 Å². The molecule has 1 aliphatic heterocycles. The van der Waals surface area contributed by atoms with Gasteiger partial charge in [0.05, 0.1) is 6.33 Å². The first-order valence-electron chi connectivity index (χ1n) is 9.95. The van der Waals surface area contributed by atoms with Crippen LogP contribution in [0.3, 0.4) is 0 Å². The van der Waals surface area contributed by atoms with Crippen LogP contribution < -0.4 is 11.1 Å². The number of anilines is 1. The normalized spacial score (nSPS) is 23.2. The third kappa shape index (κ3) is 4.76. The van der Waals surface area contributed by atoms with Gasteiger partial charge in [-0.05, 0) is 32.6 Å². The van der Waals surface area contributed by atoms with Gasteiger partial charge in [0.2, 0.25) is 12.1 Å². The Balaban J connectivity index is 1.94. The molecule has 0 aliphatic carbocycles. The molecule has 1 aliphatic rings. The molecular weight excluding hydrogens is 408 g/mol. The van der Waals surface area contributed by atoms with Crippen molar-refractivity contribution in [1.29, 1.82) is 0 Å². The monoisotopic (exact) mass is 434 g/mol.